The molecule has 142 valence electrons. The van der Waals surface area contributed by atoms with Crippen molar-refractivity contribution in [2.24, 2.45) is 0 Å². The van der Waals surface area contributed by atoms with Crippen molar-refractivity contribution in [1.82, 2.24) is 19.6 Å². The molecular formula is C22H24N6. The lowest BCUT2D eigenvalue weighted by Crippen LogP contribution is -2.14. The summed E-state index contributed by atoms with van der Waals surface area (Å²) in [5, 5.41) is 28.4. The van der Waals surface area contributed by atoms with E-state index in [4.69, 9.17) is 10.2 Å². The molecule has 0 aliphatic rings. The molecule has 6 heteroatoms. The van der Waals surface area contributed by atoms with Crippen LogP contribution in [0.2, 0.25) is 0 Å². The summed E-state index contributed by atoms with van der Waals surface area (Å²) in [7, 11) is 0. The highest BCUT2D eigenvalue weighted by Crippen LogP contribution is 2.27. The minimum absolute atomic E-state index is 0.0961. The average Bonchev–Trinajstić information content (AvgIpc) is 3.29. The molecule has 0 spiro atoms. The van der Waals surface area contributed by atoms with Crippen LogP contribution in [0, 0.1) is 22.7 Å². The summed E-state index contributed by atoms with van der Waals surface area (Å²) in [5.41, 5.74) is 3.73. The minimum atomic E-state index is -0.0961. The van der Waals surface area contributed by atoms with Crippen LogP contribution < -0.4 is 0 Å². The van der Waals surface area contributed by atoms with Gasteiger partial charge in [0.1, 0.15) is 12.1 Å². The maximum atomic E-state index is 9.47. The highest BCUT2D eigenvalue weighted by Gasteiger charge is 2.21. The second-order valence-electron chi connectivity index (χ2n) is 8.90. The summed E-state index contributed by atoms with van der Waals surface area (Å²) in [6.07, 6.45) is 3.75. The Balaban J connectivity index is 2.24. The molecule has 1 aromatic carbocycles. The van der Waals surface area contributed by atoms with Crippen molar-refractivity contribution >= 4 is 0 Å². The van der Waals surface area contributed by atoms with Gasteiger partial charge in [-0.15, -0.1) is 0 Å². The largest absolute Gasteiger partial charge is 0.238 e. The van der Waals surface area contributed by atoms with E-state index in [2.05, 4.69) is 53.7 Å². The van der Waals surface area contributed by atoms with Crippen LogP contribution in [0.3, 0.4) is 0 Å². The second-order valence-corrected chi connectivity index (χ2v) is 8.90. The van der Waals surface area contributed by atoms with E-state index >= 15 is 0 Å². The number of rotatable bonds is 2. The fourth-order valence-corrected chi connectivity index (χ4v) is 2.85. The smallest absolute Gasteiger partial charge is 0.101 e. The Kier molecular flexibility index (Phi) is 4.61. The SMILES string of the molecule is CC(C)(C)c1ccn(-c2cc(C#N)c(C#N)cc2-n2ccc(C(C)(C)C)n2)n1. The number of hydrogen-bond donors (Lipinski definition) is 0. The Morgan fingerprint density at radius 1 is 0.714 bits per heavy atom. The van der Waals surface area contributed by atoms with Crippen molar-refractivity contribution < 1.29 is 0 Å². The van der Waals surface area contributed by atoms with Gasteiger partial charge >= 0.3 is 0 Å². The Morgan fingerprint density at radius 3 is 1.32 bits per heavy atom. The van der Waals surface area contributed by atoms with Gasteiger partial charge in [0.2, 0.25) is 0 Å². The van der Waals surface area contributed by atoms with Crippen LogP contribution >= 0.6 is 0 Å². The second kappa shape index (κ2) is 6.65. The topological polar surface area (TPSA) is 83.2 Å². The molecule has 0 unspecified atom stereocenters. The molecule has 0 amide bonds. The average molecular weight is 372 g/mol. The first-order valence-corrected chi connectivity index (χ1v) is 9.16. The molecular weight excluding hydrogens is 348 g/mol. The van der Waals surface area contributed by atoms with Crippen LogP contribution in [0.4, 0.5) is 0 Å². The van der Waals surface area contributed by atoms with Gasteiger partial charge in [-0.1, -0.05) is 41.5 Å². The maximum absolute atomic E-state index is 9.47. The van der Waals surface area contributed by atoms with Gasteiger partial charge in [0.15, 0.2) is 0 Å². The number of hydrogen-bond acceptors (Lipinski definition) is 4. The predicted molar refractivity (Wildman–Crippen MR) is 108 cm³/mol. The first kappa shape index (κ1) is 19.4. The van der Waals surface area contributed by atoms with Gasteiger partial charge in [-0.3, -0.25) is 0 Å². The van der Waals surface area contributed by atoms with Crippen molar-refractivity contribution in [3.05, 3.63) is 59.2 Å². The summed E-state index contributed by atoms with van der Waals surface area (Å²) in [4.78, 5) is 0. The summed E-state index contributed by atoms with van der Waals surface area (Å²) in [5.74, 6) is 0. The highest BCUT2D eigenvalue weighted by atomic mass is 15.3. The van der Waals surface area contributed by atoms with E-state index in [1.54, 1.807) is 21.5 Å². The van der Waals surface area contributed by atoms with Gasteiger partial charge in [-0.2, -0.15) is 20.7 Å². The summed E-state index contributed by atoms with van der Waals surface area (Å²) >= 11 is 0. The molecule has 6 nitrogen and oxygen atoms in total. The first-order chi connectivity index (χ1) is 13.0. The summed E-state index contributed by atoms with van der Waals surface area (Å²) < 4.78 is 3.49. The molecule has 0 atom stereocenters. The number of nitriles is 2. The van der Waals surface area contributed by atoms with Crippen molar-refractivity contribution in [2.75, 3.05) is 0 Å². The van der Waals surface area contributed by atoms with E-state index in [9.17, 15) is 10.5 Å². The van der Waals surface area contributed by atoms with Crippen LogP contribution in [0.25, 0.3) is 11.4 Å². The van der Waals surface area contributed by atoms with Crippen LogP contribution in [0.15, 0.2) is 36.7 Å². The molecule has 2 aromatic heterocycles. The van der Waals surface area contributed by atoms with Crippen LogP contribution in [0.1, 0.15) is 64.1 Å². The fourth-order valence-electron chi connectivity index (χ4n) is 2.85. The van der Waals surface area contributed by atoms with Crippen LogP contribution in [-0.2, 0) is 10.8 Å². The van der Waals surface area contributed by atoms with Crippen LogP contribution in [-0.4, -0.2) is 19.6 Å². The molecule has 2 heterocycles. The fraction of sp³-hybridized carbons (Fsp3) is 0.364. The first-order valence-electron chi connectivity index (χ1n) is 9.16. The Bertz CT molecular complexity index is 1010. The summed E-state index contributed by atoms with van der Waals surface area (Å²) in [6, 6.07) is 11.6. The zero-order chi connectivity index (χ0) is 20.7. The number of benzene rings is 1. The van der Waals surface area contributed by atoms with Gasteiger partial charge in [-0.25, -0.2) is 9.36 Å². The van der Waals surface area contributed by atoms with Crippen molar-refractivity contribution in [2.45, 2.75) is 52.4 Å². The third kappa shape index (κ3) is 3.54. The molecule has 0 saturated carbocycles. The lowest BCUT2D eigenvalue weighted by Gasteiger charge is -2.16. The molecule has 28 heavy (non-hydrogen) atoms. The molecule has 0 saturated heterocycles. The van der Waals surface area contributed by atoms with E-state index in [1.807, 2.05) is 24.5 Å². The van der Waals surface area contributed by atoms with Gasteiger partial charge in [0.05, 0.1) is 33.9 Å². The maximum Gasteiger partial charge on any atom is 0.101 e. The standard InChI is InChI=1S/C22H24N6/c1-21(2,3)19-7-9-27(25-19)17-11-15(13-23)16(14-24)12-18(17)28-10-8-20(26-28)22(4,5)6/h7-12H,1-6H3. The molecule has 0 N–H and O–H groups in total. The predicted octanol–water partition coefficient (Wildman–Crippen LogP) is 4.40. The summed E-state index contributed by atoms with van der Waals surface area (Å²) in [6.45, 7) is 12.6. The van der Waals surface area contributed by atoms with E-state index in [0.29, 0.717) is 22.5 Å². The van der Waals surface area contributed by atoms with Crippen molar-refractivity contribution in [3.63, 3.8) is 0 Å². The molecule has 0 aliphatic heterocycles. The minimum Gasteiger partial charge on any atom is -0.238 e. The molecule has 3 aromatic rings. The zero-order valence-corrected chi connectivity index (χ0v) is 17.1. The van der Waals surface area contributed by atoms with E-state index in [0.717, 1.165) is 11.4 Å². The third-order valence-electron chi connectivity index (χ3n) is 4.56. The Hall–Kier alpha value is -3.38. The normalized spacial score (nSPS) is 11.9. The monoisotopic (exact) mass is 372 g/mol. The Morgan fingerprint density at radius 2 is 1.07 bits per heavy atom. The quantitative estimate of drug-likeness (QED) is 0.667. The zero-order valence-electron chi connectivity index (χ0n) is 17.1. The molecule has 0 aliphatic carbocycles. The number of nitrogens with zero attached hydrogens (tertiary/aromatic N) is 6. The van der Waals surface area contributed by atoms with E-state index in [-0.39, 0.29) is 10.8 Å². The molecule has 0 fully saturated rings. The lowest BCUT2D eigenvalue weighted by atomic mass is 9.93. The highest BCUT2D eigenvalue weighted by molar-refractivity contribution is 5.62. The van der Waals surface area contributed by atoms with E-state index < -0.39 is 0 Å². The number of aromatic nitrogens is 4. The van der Waals surface area contributed by atoms with E-state index in [1.165, 1.54) is 0 Å². The third-order valence-corrected chi connectivity index (χ3v) is 4.56. The molecule has 0 bridgehead atoms. The van der Waals surface area contributed by atoms with Gasteiger partial charge in [-0.05, 0) is 24.3 Å². The van der Waals surface area contributed by atoms with Gasteiger partial charge in [0, 0.05) is 23.2 Å². The van der Waals surface area contributed by atoms with Crippen LogP contribution in [0.5, 0.6) is 0 Å². The molecule has 3 rings (SSSR count). The lowest BCUT2D eigenvalue weighted by molar-refractivity contribution is 0.557. The van der Waals surface area contributed by atoms with Crippen molar-refractivity contribution in [1.29, 1.82) is 10.5 Å². The Labute approximate surface area is 165 Å². The van der Waals surface area contributed by atoms with Gasteiger partial charge in [0.25, 0.3) is 0 Å². The van der Waals surface area contributed by atoms with Gasteiger partial charge < -0.3 is 0 Å². The molecule has 0 radical (unpaired) electrons. The van der Waals surface area contributed by atoms with Crippen molar-refractivity contribution in [3.8, 4) is 23.5 Å².